The maximum absolute atomic E-state index is 13.4. The molecule has 1 unspecified atom stereocenters. The van der Waals surface area contributed by atoms with Crippen LogP contribution in [-0.4, -0.2) is 46.9 Å². The second-order valence-electron chi connectivity index (χ2n) is 10.9. The number of nitrogens with two attached hydrogens (primary N) is 1. The van der Waals surface area contributed by atoms with Crippen LogP contribution in [0.1, 0.15) is 83.6 Å². The van der Waals surface area contributed by atoms with Gasteiger partial charge in [0.2, 0.25) is 5.91 Å². The van der Waals surface area contributed by atoms with Crippen molar-refractivity contribution in [3.63, 3.8) is 0 Å². The van der Waals surface area contributed by atoms with E-state index in [2.05, 4.69) is 49.1 Å². The maximum Gasteiger partial charge on any atom is 0.320 e. The quantitative estimate of drug-likeness (QED) is 0.583. The lowest BCUT2D eigenvalue weighted by molar-refractivity contribution is -0.118. The summed E-state index contributed by atoms with van der Waals surface area (Å²) in [5.74, 6) is 1.00. The molecular formula is C27H41N3O2. The average Bonchev–Trinajstić information content (AvgIpc) is 3.02. The molecule has 0 aromatic heterocycles. The fraction of sp³-hybridized carbons (Fsp3) is 0.704. The standard InChI is InChI=1S/C27H41N3O2/c1-3-21(2)18-26(23-10-5-4-6-11-23)13-15-27(16-14-26)20-29(17-12-24(28)31)25(32)30(27)19-22-8-7-9-22/h4-6,10-11,21-22H,3,7-9,12-20H2,1-2H3,(H2,28,31). The van der Waals surface area contributed by atoms with Gasteiger partial charge in [-0.1, -0.05) is 57.0 Å². The Morgan fingerprint density at radius 1 is 1.16 bits per heavy atom. The number of carbonyl (C=O) groups excluding carboxylic acids is 2. The third kappa shape index (κ3) is 4.53. The molecule has 0 radical (unpaired) electrons. The molecule has 2 saturated carbocycles. The lowest BCUT2D eigenvalue weighted by Gasteiger charge is -2.50. The molecule has 3 amide bonds. The lowest BCUT2D eigenvalue weighted by Crippen LogP contribution is -2.54. The first kappa shape index (κ1) is 23.1. The highest BCUT2D eigenvalue weighted by atomic mass is 16.2. The van der Waals surface area contributed by atoms with Crippen molar-refractivity contribution in [1.82, 2.24) is 9.80 Å². The summed E-state index contributed by atoms with van der Waals surface area (Å²) in [7, 11) is 0. The molecule has 1 aromatic rings. The number of nitrogens with zero attached hydrogens (tertiary/aromatic N) is 2. The number of primary amides is 1. The lowest BCUT2D eigenvalue weighted by atomic mass is 9.60. The number of hydrogen-bond acceptors (Lipinski definition) is 2. The summed E-state index contributed by atoms with van der Waals surface area (Å²) >= 11 is 0. The molecule has 5 heteroatoms. The number of hydrogen-bond donors (Lipinski definition) is 1. The molecule has 1 aromatic carbocycles. The molecule has 1 aliphatic heterocycles. The van der Waals surface area contributed by atoms with E-state index in [4.69, 9.17) is 5.73 Å². The number of urea groups is 1. The smallest absolute Gasteiger partial charge is 0.320 e. The van der Waals surface area contributed by atoms with Crippen molar-refractivity contribution >= 4 is 11.9 Å². The fourth-order valence-corrected chi connectivity index (χ4v) is 6.34. The first-order valence-corrected chi connectivity index (χ1v) is 12.8. The van der Waals surface area contributed by atoms with Gasteiger partial charge in [-0.3, -0.25) is 4.79 Å². The van der Waals surface area contributed by atoms with E-state index < -0.39 is 0 Å². The van der Waals surface area contributed by atoms with Gasteiger partial charge < -0.3 is 15.5 Å². The summed E-state index contributed by atoms with van der Waals surface area (Å²) in [4.78, 5) is 28.9. The van der Waals surface area contributed by atoms with E-state index in [-0.39, 0.29) is 29.3 Å². The zero-order chi connectivity index (χ0) is 22.8. The summed E-state index contributed by atoms with van der Waals surface area (Å²) in [5, 5.41) is 0. The Hall–Kier alpha value is -2.04. The maximum atomic E-state index is 13.4. The topological polar surface area (TPSA) is 66.6 Å². The van der Waals surface area contributed by atoms with Crippen molar-refractivity contribution in [3.05, 3.63) is 35.9 Å². The van der Waals surface area contributed by atoms with Crippen LogP contribution in [0.5, 0.6) is 0 Å². The first-order chi connectivity index (χ1) is 15.4. The molecule has 32 heavy (non-hydrogen) atoms. The Morgan fingerprint density at radius 3 is 2.41 bits per heavy atom. The van der Waals surface area contributed by atoms with Gasteiger partial charge in [-0.05, 0) is 67.8 Å². The monoisotopic (exact) mass is 439 g/mol. The molecule has 176 valence electrons. The predicted molar refractivity (Wildman–Crippen MR) is 128 cm³/mol. The molecule has 1 atom stereocenters. The normalized spacial score (nSPS) is 29.4. The van der Waals surface area contributed by atoms with Gasteiger partial charge in [0, 0.05) is 26.1 Å². The zero-order valence-electron chi connectivity index (χ0n) is 20.0. The minimum absolute atomic E-state index is 0.0853. The molecule has 5 nitrogen and oxygen atoms in total. The largest absolute Gasteiger partial charge is 0.370 e. The van der Waals surface area contributed by atoms with Gasteiger partial charge in [0.25, 0.3) is 0 Å². The van der Waals surface area contributed by atoms with Crippen LogP contribution in [0.3, 0.4) is 0 Å². The third-order valence-corrected chi connectivity index (χ3v) is 8.81. The Labute approximate surface area is 193 Å². The van der Waals surface area contributed by atoms with E-state index >= 15 is 0 Å². The Bertz CT molecular complexity index is 796. The summed E-state index contributed by atoms with van der Waals surface area (Å²) in [6.07, 6.45) is 10.8. The molecular weight excluding hydrogens is 398 g/mol. The Morgan fingerprint density at radius 2 is 1.84 bits per heavy atom. The summed E-state index contributed by atoms with van der Waals surface area (Å²) < 4.78 is 0. The van der Waals surface area contributed by atoms with E-state index in [0.717, 1.165) is 38.8 Å². The van der Waals surface area contributed by atoms with E-state index in [1.807, 2.05) is 4.90 Å². The van der Waals surface area contributed by atoms with Crippen molar-refractivity contribution in [1.29, 1.82) is 0 Å². The molecule has 1 saturated heterocycles. The van der Waals surface area contributed by atoms with E-state index in [1.165, 1.54) is 37.7 Å². The number of benzene rings is 1. The molecule has 1 spiro atoms. The second-order valence-corrected chi connectivity index (χ2v) is 10.9. The number of amides is 3. The second kappa shape index (κ2) is 9.44. The Balaban J connectivity index is 1.56. The SMILES string of the molecule is CCC(C)CC1(c2ccccc2)CCC2(CC1)CN(CCC(N)=O)C(=O)N2CC1CCC1. The molecule has 1 heterocycles. The van der Waals surface area contributed by atoms with Gasteiger partial charge in [0.15, 0.2) is 0 Å². The van der Waals surface area contributed by atoms with Gasteiger partial charge in [-0.2, -0.15) is 0 Å². The fourth-order valence-electron chi connectivity index (χ4n) is 6.34. The van der Waals surface area contributed by atoms with Gasteiger partial charge in [0.1, 0.15) is 0 Å². The van der Waals surface area contributed by atoms with Gasteiger partial charge in [0.05, 0.1) is 5.54 Å². The van der Waals surface area contributed by atoms with Crippen LogP contribution in [-0.2, 0) is 10.2 Å². The minimum Gasteiger partial charge on any atom is -0.370 e. The highest BCUT2D eigenvalue weighted by Crippen LogP contribution is 2.51. The van der Waals surface area contributed by atoms with Crippen LogP contribution < -0.4 is 5.73 Å². The van der Waals surface area contributed by atoms with E-state index in [9.17, 15) is 9.59 Å². The summed E-state index contributed by atoms with van der Waals surface area (Å²) in [6.45, 7) is 6.76. The summed E-state index contributed by atoms with van der Waals surface area (Å²) in [5.41, 5.74) is 6.99. The number of carbonyl (C=O) groups is 2. The highest BCUT2D eigenvalue weighted by Gasteiger charge is 2.54. The molecule has 2 aliphatic carbocycles. The highest BCUT2D eigenvalue weighted by molar-refractivity contribution is 5.80. The van der Waals surface area contributed by atoms with Crippen molar-refractivity contribution < 1.29 is 9.59 Å². The van der Waals surface area contributed by atoms with Crippen LogP contribution in [0.2, 0.25) is 0 Å². The Kier molecular flexibility index (Phi) is 6.83. The van der Waals surface area contributed by atoms with Crippen LogP contribution in [0.4, 0.5) is 4.79 Å². The van der Waals surface area contributed by atoms with Crippen LogP contribution in [0.15, 0.2) is 30.3 Å². The zero-order valence-corrected chi connectivity index (χ0v) is 20.0. The van der Waals surface area contributed by atoms with Crippen LogP contribution in [0, 0.1) is 11.8 Å². The van der Waals surface area contributed by atoms with Gasteiger partial charge in [-0.15, -0.1) is 0 Å². The van der Waals surface area contributed by atoms with Crippen LogP contribution >= 0.6 is 0 Å². The molecule has 4 rings (SSSR count). The third-order valence-electron chi connectivity index (χ3n) is 8.81. The van der Waals surface area contributed by atoms with E-state index in [0.29, 0.717) is 18.4 Å². The molecule has 0 bridgehead atoms. The first-order valence-electron chi connectivity index (χ1n) is 12.8. The predicted octanol–water partition coefficient (Wildman–Crippen LogP) is 5.09. The molecule has 3 aliphatic rings. The minimum atomic E-state index is -0.329. The van der Waals surface area contributed by atoms with E-state index in [1.54, 1.807) is 0 Å². The van der Waals surface area contributed by atoms with Crippen molar-refractivity contribution in [3.8, 4) is 0 Å². The van der Waals surface area contributed by atoms with Crippen molar-refractivity contribution in [2.75, 3.05) is 19.6 Å². The average molecular weight is 440 g/mol. The van der Waals surface area contributed by atoms with Crippen molar-refractivity contribution in [2.45, 2.75) is 89.0 Å². The molecule has 3 fully saturated rings. The van der Waals surface area contributed by atoms with Crippen molar-refractivity contribution in [2.24, 2.45) is 17.6 Å². The number of rotatable bonds is 9. The van der Waals surface area contributed by atoms with Crippen LogP contribution in [0.25, 0.3) is 0 Å². The van der Waals surface area contributed by atoms with Gasteiger partial charge in [-0.25, -0.2) is 4.79 Å². The molecule has 2 N–H and O–H groups in total. The summed E-state index contributed by atoms with van der Waals surface area (Å²) in [6, 6.07) is 11.2. The van der Waals surface area contributed by atoms with Gasteiger partial charge >= 0.3 is 6.03 Å².